The van der Waals surface area contributed by atoms with E-state index in [1.807, 2.05) is 7.05 Å². The van der Waals surface area contributed by atoms with Crippen molar-refractivity contribution >= 4 is 21.6 Å². The molecule has 1 aliphatic heterocycles. The summed E-state index contributed by atoms with van der Waals surface area (Å²) in [7, 11) is 2.04. The third-order valence-corrected chi connectivity index (χ3v) is 4.72. The van der Waals surface area contributed by atoms with Gasteiger partial charge in [-0.3, -0.25) is 0 Å². The molecular weight excluding hydrogens is 288 g/mol. The first-order chi connectivity index (χ1) is 8.70. The molecule has 1 aromatic rings. The lowest BCUT2D eigenvalue weighted by atomic mass is 9.94. The fraction of sp³-hybridized carbons (Fsp3) is 0.600. The molecule has 1 N–H and O–H groups in total. The second-order valence-corrected chi connectivity index (χ2v) is 6.13. The normalized spacial score (nSPS) is 20.2. The molecule has 0 radical (unpaired) electrons. The van der Waals surface area contributed by atoms with Crippen LogP contribution >= 0.6 is 15.9 Å². The Bertz CT molecular complexity index is 392. The number of hydrogen-bond acceptors (Lipinski definition) is 2. The van der Waals surface area contributed by atoms with Gasteiger partial charge in [-0.05, 0) is 69.5 Å². The van der Waals surface area contributed by atoms with Crippen molar-refractivity contribution in [1.29, 1.82) is 0 Å². The molecule has 18 heavy (non-hydrogen) atoms. The first-order valence-electron chi connectivity index (χ1n) is 6.86. The van der Waals surface area contributed by atoms with Crippen molar-refractivity contribution in [2.75, 3.05) is 31.6 Å². The number of nitrogens with one attached hydrogen (secondary N) is 1. The number of hydrogen-bond donors (Lipinski definition) is 1. The Morgan fingerprint density at radius 2 is 2.28 bits per heavy atom. The van der Waals surface area contributed by atoms with E-state index in [9.17, 15) is 0 Å². The number of piperidine rings is 1. The predicted octanol–water partition coefficient (Wildman–Crippen LogP) is 3.58. The van der Waals surface area contributed by atoms with E-state index in [1.54, 1.807) is 0 Å². The molecule has 0 amide bonds. The summed E-state index contributed by atoms with van der Waals surface area (Å²) in [5, 5.41) is 3.26. The first-order valence-corrected chi connectivity index (χ1v) is 7.65. The minimum atomic E-state index is 0.843. The Morgan fingerprint density at radius 1 is 1.44 bits per heavy atom. The highest BCUT2D eigenvalue weighted by molar-refractivity contribution is 9.10. The van der Waals surface area contributed by atoms with Gasteiger partial charge in [0.2, 0.25) is 0 Å². The molecule has 0 aromatic heterocycles. The van der Waals surface area contributed by atoms with E-state index in [2.05, 4.69) is 51.3 Å². The van der Waals surface area contributed by atoms with Crippen LogP contribution in [0.25, 0.3) is 0 Å². The molecule has 0 aliphatic carbocycles. The van der Waals surface area contributed by atoms with Crippen molar-refractivity contribution in [2.45, 2.75) is 26.2 Å². The molecule has 1 saturated heterocycles. The molecule has 0 bridgehead atoms. The van der Waals surface area contributed by atoms with Crippen LogP contribution in [0.4, 0.5) is 5.69 Å². The van der Waals surface area contributed by atoms with Crippen LogP contribution in [-0.4, -0.2) is 26.7 Å². The van der Waals surface area contributed by atoms with Gasteiger partial charge in [0.25, 0.3) is 0 Å². The summed E-state index contributed by atoms with van der Waals surface area (Å²) in [6, 6.07) is 6.70. The minimum absolute atomic E-state index is 0.843. The van der Waals surface area contributed by atoms with Gasteiger partial charge < -0.3 is 10.2 Å². The molecule has 0 saturated carbocycles. The van der Waals surface area contributed by atoms with Crippen LogP contribution in [0.3, 0.4) is 0 Å². The van der Waals surface area contributed by atoms with Gasteiger partial charge >= 0.3 is 0 Å². The van der Waals surface area contributed by atoms with E-state index < -0.39 is 0 Å². The summed E-state index contributed by atoms with van der Waals surface area (Å²) in [5.41, 5.74) is 2.70. The fourth-order valence-corrected chi connectivity index (χ4v) is 2.96. The lowest BCUT2D eigenvalue weighted by molar-refractivity contribution is 0.387. The average Bonchev–Trinajstić information content (AvgIpc) is 2.40. The van der Waals surface area contributed by atoms with E-state index in [0.717, 1.165) is 12.5 Å². The second kappa shape index (κ2) is 6.58. The fourth-order valence-electron chi connectivity index (χ4n) is 2.71. The van der Waals surface area contributed by atoms with E-state index in [4.69, 9.17) is 0 Å². The molecule has 1 aliphatic rings. The van der Waals surface area contributed by atoms with Gasteiger partial charge in [-0.15, -0.1) is 0 Å². The molecule has 1 unspecified atom stereocenters. The van der Waals surface area contributed by atoms with E-state index in [-0.39, 0.29) is 0 Å². The molecule has 1 heterocycles. The van der Waals surface area contributed by atoms with E-state index in [0.29, 0.717) is 0 Å². The Kier molecular flexibility index (Phi) is 5.07. The number of halogens is 1. The van der Waals surface area contributed by atoms with Crippen LogP contribution in [0.1, 0.15) is 24.8 Å². The highest BCUT2D eigenvalue weighted by atomic mass is 79.9. The van der Waals surface area contributed by atoms with Gasteiger partial charge in [0.15, 0.2) is 0 Å². The average molecular weight is 311 g/mol. The monoisotopic (exact) mass is 310 g/mol. The summed E-state index contributed by atoms with van der Waals surface area (Å²) >= 11 is 3.57. The lowest BCUT2D eigenvalue weighted by Crippen LogP contribution is -2.36. The van der Waals surface area contributed by atoms with Gasteiger partial charge in [0, 0.05) is 23.2 Å². The maximum absolute atomic E-state index is 3.57. The van der Waals surface area contributed by atoms with Crippen molar-refractivity contribution in [2.24, 2.45) is 5.92 Å². The van der Waals surface area contributed by atoms with Crippen LogP contribution < -0.4 is 10.2 Å². The molecule has 2 nitrogen and oxygen atoms in total. The Hall–Kier alpha value is -0.540. The van der Waals surface area contributed by atoms with Gasteiger partial charge in [0.1, 0.15) is 0 Å². The zero-order valence-electron chi connectivity index (χ0n) is 11.4. The van der Waals surface area contributed by atoms with Crippen LogP contribution in [0.5, 0.6) is 0 Å². The SMILES string of the molecule is CNCCC1CCCN(c2ccc(Br)c(C)c2)C1. The van der Waals surface area contributed by atoms with Crippen molar-refractivity contribution in [3.05, 3.63) is 28.2 Å². The van der Waals surface area contributed by atoms with Crippen LogP contribution in [-0.2, 0) is 0 Å². The quantitative estimate of drug-likeness (QED) is 0.914. The minimum Gasteiger partial charge on any atom is -0.371 e. The molecule has 1 fully saturated rings. The number of aryl methyl sites for hydroxylation is 1. The molecule has 1 atom stereocenters. The van der Waals surface area contributed by atoms with Crippen molar-refractivity contribution < 1.29 is 0 Å². The molecule has 2 rings (SSSR count). The van der Waals surface area contributed by atoms with E-state index in [1.165, 1.54) is 48.1 Å². The number of nitrogens with zero attached hydrogens (tertiary/aromatic N) is 1. The molecule has 1 aromatic carbocycles. The number of benzene rings is 1. The third kappa shape index (κ3) is 3.48. The van der Waals surface area contributed by atoms with Gasteiger partial charge in [-0.1, -0.05) is 15.9 Å². The standard InChI is InChI=1S/C15H23BrN2/c1-12-10-14(5-6-15(12)16)18-9-3-4-13(11-18)7-8-17-2/h5-6,10,13,17H,3-4,7-9,11H2,1-2H3. The van der Waals surface area contributed by atoms with Crippen LogP contribution in [0.2, 0.25) is 0 Å². The second-order valence-electron chi connectivity index (χ2n) is 5.28. The largest absolute Gasteiger partial charge is 0.371 e. The van der Waals surface area contributed by atoms with Crippen molar-refractivity contribution in [3.63, 3.8) is 0 Å². The van der Waals surface area contributed by atoms with Gasteiger partial charge in [0.05, 0.1) is 0 Å². The zero-order chi connectivity index (χ0) is 13.0. The van der Waals surface area contributed by atoms with Crippen LogP contribution in [0, 0.1) is 12.8 Å². The highest BCUT2D eigenvalue weighted by Crippen LogP contribution is 2.27. The molecule has 3 heteroatoms. The molecule has 100 valence electrons. The molecular formula is C15H23BrN2. The number of anilines is 1. The third-order valence-electron chi connectivity index (χ3n) is 3.83. The predicted molar refractivity (Wildman–Crippen MR) is 82.4 cm³/mol. The van der Waals surface area contributed by atoms with Gasteiger partial charge in [-0.25, -0.2) is 0 Å². The maximum Gasteiger partial charge on any atom is 0.0369 e. The summed E-state index contributed by atoms with van der Waals surface area (Å²) in [4.78, 5) is 2.54. The Morgan fingerprint density at radius 3 is 3.00 bits per heavy atom. The highest BCUT2D eigenvalue weighted by Gasteiger charge is 2.19. The molecule has 0 spiro atoms. The number of rotatable bonds is 4. The Balaban J connectivity index is 2.01. The zero-order valence-corrected chi connectivity index (χ0v) is 13.0. The summed E-state index contributed by atoms with van der Waals surface area (Å²) in [6.45, 7) is 5.72. The smallest absolute Gasteiger partial charge is 0.0369 e. The van der Waals surface area contributed by atoms with Crippen molar-refractivity contribution in [1.82, 2.24) is 5.32 Å². The van der Waals surface area contributed by atoms with Crippen molar-refractivity contribution in [3.8, 4) is 0 Å². The Labute approximate surface area is 119 Å². The maximum atomic E-state index is 3.57. The lowest BCUT2D eigenvalue weighted by Gasteiger charge is -2.34. The summed E-state index contributed by atoms with van der Waals surface area (Å²) in [5.74, 6) is 0.843. The van der Waals surface area contributed by atoms with E-state index >= 15 is 0 Å². The summed E-state index contributed by atoms with van der Waals surface area (Å²) in [6.07, 6.45) is 4.00. The van der Waals surface area contributed by atoms with Crippen LogP contribution in [0.15, 0.2) is 22.7 Å². The van der Waals surface area contributed by atoms with Gasteiger partial charge in [-0.2, -0.15) is 0 Å². The first kappa shape index (κ1) is 13.9. The topological polar surface area (TPSA) is 15.3 Å². The summed E-state index contributed by atoms with van der Waals surface area (Å²) < 4.78 is 1.20.